The van der Waals surface area contributed by atoms with E-state index in [4.69, 9.17) is 11.5 Å². The molecule has 0 spiro atoms. The number of hydrogen-bond donors (Lipinski definition) is 3. The molecule has 7 heteroatoms. The number of anilines is 2. The lowest BCUT2D eigenvalue weighted by atomic mass is 10.1. The summed E-state index contributed by atoms with van der Waals surface area (Å²) in [6.45, 7) is 18.3. The molecule has 0 saturated heterocycles. The van der Waals surface area contributed by atoms with Crippen LogP contribution in [0.4, 0.5) is 16.0 Å². The molecule has 0 saturated carbocycles. The van der Waals surface area contributed by atoms with Crippen molar-refractivity contribution >= 4 is 29.1 Å². The largest absolute Gasteiger partial charge is 0.382 e. The van der Waals surface area contributed by atoms with Gasteiger partial charge in [-0.15, -0.1) is 10.2 Å². The zero-order valence-corrected chi connectivity index (χ0v) is 20.5. The summed E-state index contributed by atoms with van der Waals surface area (Å²) >= 11 is 0. The van der Waals surface area contributed by atoms with Crippen LogP contribution in [0.1, 0.15) is 46.6 Å². The first kappa shape index (κ1) is 30.9. The Morgan fingerprint density at radius 1 is 1.06 bits per heavy atom. The number of benzene rings is 1. The van der Waals surface area contributed by atoms with E-state index < -0.39 is 0 Å². The number of fused-ring (bicyclic) bond motifs is 1. The molecule has 32 heavy (non-hydrogen) atoms. The first-order valence-corrected chi connectivity index (χ1v) is 10.3. The molecule has 0 aliphatic rings. The predicted molar refractivity (Wildman–Crippen MR) is 140 cm³/mol. The molecule has 6 N–H and O–H groups in total. The summed E-state index contributed by atoms with van der Waals surface area (Å²) in [6, 6.07) is 5.83. The van der Waals surface area contributed by atoms with Gasteiger partial charge >= 0.3 is 0 Å². The van der Waals surface area contributed by atoms with Gasteiger partial charge in [0, 0.05) is 17.0 Å². The van der Waals surface area contributed by atoms with Crippen molar-refractivity contribution in [3.8, 4) is 0 Å². The summed E-state index contributed by atoms with van der Waals surface area (Å²) in [5.41, 5.74) is 19.8. The van der Waals surface area contributed by atoms with Crippen LogP contribution >= 0.6 is 0 Å². The van der Waals surface area contributed by atoms with Gasteiger partial charge in [0.1, 0.15) is 5.83 Å². The molecule has 1 heterocycles. The molecule has 0 atom stereocenters. The molecule has 176 valence electrons. The van der Waals surface area contributed by atoms with Crippen molar-refractivity contribution in [3.05, 3.63) is 71.2 Å². The van der Waals surface area contributed by atoms with E-state index in [0.717, 1.165) is 28.3 Å². The first-order chi connectivity index (χ1) is 15.2. The van der Waals surface area contributed by atoms with Crippen LogP contribution in [0.15, 0.2) is 70.7 Å². The van der Waals surface area contributed by atoms with Gasteiger partial charge in [-0.3, -0.25) is 4.99 Å². The van der Waals surface area contributed by atoms with Crippen molar-refractivity contribution in [1.29, 1.82) is 0 Å². The van der Waals surface area contributed by atoms with Gasteiger partial charge in [0.05, 0.1) is 0 Å². The molecule has 1 aromatic heterocycles. The van der Waals surface area contributed by atoms with Crippen molar-refractivity contribution in [2.24, 2.45) is 10.7 Å². The van der Waals surface area contributed by atoms with Gasteiger partial charge in [-0.25, -0.2) is 4.39 Å². The Balaban J connectivity index is 0. The van der Waals surface area contributed by atoms with Crippen molar-refractivity contribution in [2.45, 2.75) is 48.0 Å². The van der Waals surface area contributed by atoms with E-state index in [1.54, 1.807) is 13.1 Å². The minimum atomic E-state index is -0.372. The second-order valence-electron chi connectivity index (χ2n) is 6.48. The van der Waals surface area contributed by atoms with Crippen LogP contribution in [0.2, 0.25) is 0 Å². The molecular weight excluding hydrogens is 403 g/mol. The summed E-state index contributed by atoms with van der Waals surface area (Å²) in [4.78, 5) is 3.63. The average Bonchev–Trinajstić information content (AvgIpc) is 2.81. The van der Waals surface area contributed by atoms with Crippen molar-refractivity contribution in [1.82, 2.24) is 10.2 Å². The number of aromatic nitrogens is 2. The van der Waals surface area contributed by atoms with Crippen LogP contribution in [-0.4, -0.2) is 24.0 Å². The molecule has 0 amide bonds. The molecule has 1 aromatic carbocycles. The van der Waals surface area contributed by atoms with Gasteiger partial charge in [0.15, 0.2) is 11.6 Å². The number of nitrogens with two attached hydrogens (primary N) is 3. The Morgan fingerprint density at radius 2 is 1.59 bits per heavy atom. The van der Waals surface area contributed by atoms with E-state index in [0.29, 0.717) is 17.2 Å². The second kappa shape index (κ2) is 17.4. The fraction of sp³-hybridized carbons (Fsp3) is 0.320. The first-order valence-electron chi connectivity index (χ1n) is 10.3. The van der Waals surface area contributed by atoms with Gasteiger partial charge in [-0.05, 0) is 65.6 Å². The zero-order chi connectivity index (χ0) is 25.3. The smallest absolute Gasteiger partial charge is 0.154 e. The van der Waals surface area contributed by atoms with Gasteiger partial charge in [-0.2, -0.15) is 0 Å². The van der Waals surface area contributed by atoms with E-state index in [9.17, 15) is 4.39 Å². The lowest BCUT2D eigenvalue weighted by molar-refractivity contribution is 0.655. The fourth-order valence-electron chi connectivity index (χ4n) is 2.19. The predicted octanol–water partition coefficient (Wildman–Crippen LogP) is 6.06. The number of aryl methyl sites for hydroxylation is 1. The molecule has 0 bridgehead atoms. The van der Waals surface area contributed by atoms with Gasteiger partial charge in [0.2, 0.25) is 0 Å². The van der Waals surface area contributed by atoms with Crippen LogP contribution < -0.4 is 17.2 Å². The molecular formula is C25H39FN6. The van der Waals surface area contributed by atoms with Crippen molar-refractivity contribution in [2.75, 3.05) is 18.5 Å². The molecule has 2 aromatic rings. The van der Waals surface area contributed by atoms with E-state index >= 15 is 0 Å². The van der Waals surface area contributed by atoms with Crippen LogP contribution in [0.5, 0.6) is 0 Å². The standard InChI is InChI=1S/C13H18FN.C9H10N4.C2H6.CH5N/c1-10(11(2)8-9-15-5)6-7-12(3)13(4)14;1-5-2-3-6-7(4-5)9(11)13-12-8(6)10;2*1-2/h7-9H,4-6H2,1-3H3;2-4H,1H3,(H2,10,12)(H2,11,13);1-2H3;2H2,1H3/b9-8-,11-10+,12-7-;;;. The zero-order valence-electron chi connectivity index (χ0n) is 20.5. The van der Waals surface area contributed by atoms with E-state index in [-0.39, 0.29) is 5.83 Å². The topological polar surface area (TPSA) is 116 Å². The summed E-state index contributed by atoms with van der Waals surface area (Å²) in [7, 11) is 1.50. The maximum Gasteiger partial charge on any atom is 0.154 e. The third-order valence-electron chi connectivity index (χ3n) is 4.24. The highest BCUT2D eigenvalue weighted by molar-refractivity contribution is 5.97. The van der Waals surface area contributed by atoms with E-state index in [1.165, 1.54) is 12.6 Å². The number of halogens is 1. The van der Waals surface area contributed by atoms with Crippen LogP contribution in [-0.2, 0) is 0 Å². The summed E-state index contributed by atoms with van der Waals surface area (Å²) in [5.74, 6) is 0.473. The number of rotatable bonds is 5. The highest BCUT2D eigenvalue weighted by Gasteiger charge is 2.03. The Kier molecular flexibility index (Phi) is 16.8. The summed E-state index contributed by atoms with van der Waals surface area (Å²) < 4.78 is 12.6. The van der Waals surface area contributed by atoms with Crippen molar-refractivity contribution < 1.29 is 4.39 Å². The van der Waals surface area contributed by atoms with Crippen LogP contribution in [0.3, 0.4) is 0 Å². The SMILES string of the molecule is C=N/C=C\C(C)=C(/C)C/C=C(/C)C(=C)F.CC.CN.Cc1ccc2c(N)nnc(N)c2c1. The summed E-state index contributed by atoms with van der Waals surface area (Å²) in [5, 5.41) is 9.22. The second-order valence-corrected chi connectivity index (χ2v) is 6.48. The number of nitrogen functional groups attached to an aromatic ring is 2. The maximum atomic E-state index is 12.6. The minimum Gasteiger partial charge on any atom is -0.382 e. The Hall–Kier alpha value is -3.32. The highest BCUT2D eigenvalue weighted by Crippen LogP contribution is 2.23. The molecule has 6 nitrogen and oxygen atoms in total. The minimum absolute atomic E-state index is 0.372. The molecule has 0 unspecified atom stereocenters. The lowest BCUT2D eigenvalue weighted by Gasteiger charge is -2.03. The third-order valence-corrected chi connectivity index (χ3v) is 4.24. The van der Waals surface area contributed by atoms with Gasteiger partial charge in [-0.1, -0.05) is 55.3 Å². The van der Waals surface area contributed by atoms with Crippen LogP contribution in [0.25, 0.3) is 10.8 Å². The molecule has 0 aliphatic carbocycles. The Bertz CT molecular complexity index is 958. The number of allylic oxidation sites excluding steroid dienone is 6. The Labute approximate surface area is 192 Å². The number of nitrogens with zero attached hydrogens (tertiary/aromatic N) is 3. The maximum absolute atomic E-state index is 12.6. The van der Waals surface area contributed by atoms with E-state index in [2.05, 4.69) is 34.2 Å². The van der Waals surface area contributed by atoms with Crippen molar-refractivity contribution in [3.63, 3.8) is 0 Å². The average molecular weight is 443 g/mol. The molecule has 0 fully saturated rings. The highest BCUT2D eigenvalue weighted by atomic mass is 19.1. The van der Waals surface area contributed by atoms with Crippen LogP contribution in [0, 0.1) is 6.92 Å². The molecule has 0 aliphatic heterocycles. The molecule has 2 rings (SSSR count). The third kappa shape index (κ3) is 11.2. The number of aliphatic imine (C=N–C) groups is 1. The number of hydrogen-bond acceptors (Lipinski definition) is 6. The van der Waals surface area contributed by atoms with Gasteiger partial charge in [0.25, 0.3) is 0 Å². The summed E-state index contributed by atoms with van der Waals surface area (Å²) in [6.07, 6.45) is 6.08. The van der Waals surface area contributed by atoms with E-state index in [1.807, 2.05) is 65.0 Å². The normalized spacial score (nSPS) is 11.2. The monoisotopic (exact) mass is 442 g/mol. The fourth-order valence-corrected chi connectivity index (χ4v) is 2.19. The van der Waals surface area contributed by atoms with Gasteiger partial charge < -0.3 is 17.2 Å². The molecule has 0 radical (unpaired) electrons. The Morgan fingerprint density at radius 3 is 2.09 bits per heavy atom. The lowest BCUT2D eigenvalue weighted by Crippen LogP contribution is -1.99. The quantitative estimate of drug-likeness (QED) is 0.384.